The Morgan fingerprint density at radius 3 is 2.48 bits per heavy atom. The van der Waals surface area contributed by atoms with E-state index >= 15 is 0 Å². The summed E-state index contributed by atoms with van der Waals surface area (Å²) < 4.78 is 0. The van der Waals surface area contributed by atoms with Crippen LogP contribution in [0.15, 0.2) is 42.6 Å². The molecule has 0 radical (unpaired) electrons. The number of aromatic nitrogens is 2. The third kappa shape index (κ3) is 9.54. The number of anilines is 4. The molecule has 2 atom stereocenters. The Kier molecular flexibility index (Phi) is 14.2. The molecule has 0 saturated heterocycles. The summed E-state index contributed by atoms with van der Waals surface area (Å²) in [7, 11) is 1.94. The highest BCUT2D eigenvalue weighted by Gasteiger charge is 2.18. The van der Waals surface area contributed by atoms with Crippen LogP contribution in [0.3, 0.4) is 0 Å². The minimum Gasteiger partial charge on any atom is -0.397 e. The van der Waals surface area contributed by atoms with Gasteiger partial charge in [0, 0.05) is 30.5 Å². The number of aliphatic hydroxyl groups is 1. The van der Waals surface area contributed by atoms with Gasteiger partial charge in [0.05, 0.1) is 23.2 Å². The van der Waals surface area contributed by atoms with E-state index in [4.69, 9.17) is 15.7 Å². The second-order valence-corrected chi connectivity index (χ2v) is 12.0. The summed E-state index contributed by atoms with van der Waals surface area (Å²) in [6.07, 6.45) is 11.4. The molecule has 3 rings (SSSR count). The second kappa shape index (κ2) is 17.8. The Bertz CT molecular complexity index is 1370. The van der Waals surface area contributed by atoms with Crippen LogP contribution in [-0.4, -0.2) is 41.3 Å². The molecule has 0 saturated carbocycles. The van der Waals surface area contributed by atoms with E-state index in [9.17, 15) is 5.11 Å². The molecule has 7 nitrogen and oxygen atoms in total. The van der Waals surface area contributed by atoms with Crippen molar-refractivity contribution < 1.29 is 5.11 Å². The van der Waals surface area contributed by atoms with Gasteiger partial charge in [-0.05, 0) is 105 Å². The number of aliphatic hydroxyl groups excluding tert-OH is 1. The number of benzene rings is 2. The molecule has 0 spiro atoms. The van der Waals surface area contributed by atoms with Crippen molar-refractivity contribution in [3.63, 3.8) is 0 Å². The first-order chi connectivity index (χ1) is 21.3. The molecule has 1 heterocycles. The van der Waals surface area contributed by atoms with Crippen molar-refractivity contribution in [2.24, 2.45) is 5.92 Å². The lowest BCUT2D eigenvalue weighted by atomic mass is 9.89. The maximum Gasteiger partial charge on any atom is 0.227 e. The SMILES string of the molecule is C/C=C(\c1cccc(CCCC(C)CC)c1C)c1nc(Nc2cc(N)c(NCCNC)cc2CC)ncc1CCC(O)CC. The number of nitrogens with two attached hydrogens (primary N) is 1. The van der Waals surface area contributed by atoms with Gasteiger partial charge < -0.3 is 26.8 Å². The van der Waals surface area contributed by atoms with Gasteiger partial charge in [-0.1, -0.05) is 64.8 Å². The second-order valence-electron chi connectivity index (χ2n) is 12.0. The molecule has 0 aliphatic carbocycles. The van der Waals surface area contributed by atoms with E-state index in [1.807, 2.05) is 26.2 Å². The topological polar surface area (TPSA) is 108 Å². The van der Waals surface area contributed by atoms with Gasteiger partial charge in [-0.3, -0.25) is 0 Å². The van der Waals surface area contributed by atoms with Crippen molar-refractivity contribution >= 4 is 28.6 Å². The summed E-state index contributed by atoms with van der Waals surface area (Å²) in [5.74, 6) is 1.29. The average molecular weight is 601 g/mol. The van der Waals surface area contributed by atoms with E-state index in [2.05, 4.69) is 80.9 Å². The van der Waals surface area contributed by atoms with Crippen molar-refractivity contribution in [1.82, 2.24) is 15.3 Å². The normalized spacial score (nSPS) is 13.1. The predicted molar refractivity (Wildman–Crippen MR) is 189 cm³/mol. The number of nitrogens with one attached hydrogen (secondary N) is 3. The lowest BCUT2D eigenvalue weighted by Crippen LogP contribution is -2.18. The molecule has 0 aliphatic heterocycles. The van der Waals surface area contributed by atoms with Crippen molar-refractivity contribution in [3.05, 3.63) is 76.1 Å². The standard InChI is InChI=1S/C37H56N6O/c1-8-25(5)14-12-15-28-16-13-17-32(26(28)6)31(11-4)36-29(18-19-30(44)10-3)24-41-37(43-36)42-34-23-33(38)35(22-27(34)9-2)40-21-20-39-7/h11,13,16-17,22-25,30,39-40,44H,8-10,12,14-15,18-21,38H2,1-7H3,(H,41,42,43)/b31-11+. The molecule has 0 aliphatic rings. The largest absolute Gasteiger partial charge is 0.397 e. The van der Waals surface area contributed by atoms with E-state index in [1.54, 1.807) is 0 Å². The van der Waals surface area contributed by atoms with E-state index in [0.717, 1.165) is 72.0 Å². The average Bonchev–Trinajstić information content (AvgIpc) is 3.03. The van der Waals surface area contributed by atoms with Gasteiger partial charge in [0.25, 0.3) is 0 Å². The number of aryl methyl sites for hydroxylation is 3. The Balaban J connectivity index is 2.00. The third-order valence-electron chi connectivity index (χ3n) is 8.80. The van der Waals surface area contributed by atoms with Gasteiger partial charge in [-0.2, -0.15) is 0 Å². The minimum absolute atomic E-state index is 0.347. The quantitative estimate of drug-likeness (QED) is 0.0748. The van der Waals surface area contributed by atoms with Crippen LogP contribution in [0.4, 0.5) is 23.0 Å². The lowest BCUT2D eigenvalue weighted by Gasteiger charge is -2.19. The highest BCUT2D eigenvalue weighted by Crippen LogP contribution is 2.33. The number of nitrogens with zero attached hydrogens (tertiary/aromatic N) is 2. The molecular formula is C37H56N6O. The monoisotopic (exact) mass is 600 g/mol. The fourth-order valence-corrected chi connectivity index (χ4v) is 5.59. The van der Waals surface area contributed by atoms with Crippen LogP contribution in [0, 0.1) is 12.8 Å². The molecule has 3 aromatic rings. The Labute approximate surface area is 266 Å². The maximum atomic E-state index is 10.4. The van der Waals surface area contributed by atoms with Gasteiger partial charge in [-0.25, -0.2) is 9.97 Å². The summed E-state index contributed by atoms with van der Waals surface area (Å²) in [4.78, 5) is 9.88. The van der Waals surface area contributed by atoms with Crippen LogP contribution < -0.4 is 21.7 Å². The van der Waals surface area contributed by atoms with E-state index < -0.39 is 0 Å². The molecule has 2 unspecified atom stereocenters. The number of allylic oxidation sites excluding steroid dienone is 1. The lowest BCUT2D eigenvalue weighted by molar-refractivity contribution is 0.160. The number of likely N-dealkylation sites (N-methyl/N-ethyl adjacent to an activating group) is 1. The fraction of sp³-hybridized carbons (Fsp3) is 0.514. The summed E-state index contributed by atoms with van der Waals surface area (Å²) in [6.45, 7) is 14.7. The van der Waals surface area contributed by atoms with E-state index in [0.29, 0.717) is 24.5 Å². The number of nitrogen functional groups attached to an aromatic ring is 1. The molecule has 0 fully saturated rings. The van der Waals surface area contributed by atoms with Gasteiger partial charge >= 0.3 is 0 Å². The van der Waals surface area contributed by atoms with Crippen LogP contribution in [0.25, 0.3) is 5.57 Å². The van der Waals surface area contributed by atoms with Gasteiger partial charge in [0.1, 0.15) is 0 Å². The minimum atomic E-state index is -0.347. The number of hydrogen-bond donors (Lipinski definition) is 5. The zero-order valence-electron chi connectivity index (χ0n) is 28.2. The molecule has 240 valence electrons. The molecule has 1 aromatic heterocycles. The van der Waals surface area contributed by atoms with Crippen LogP contribution in [0.1, 0.15) is 100 Å². The van der Waals surface area contributed by atoms with E-state index in [-0.39, 0.29) is 6.10 Å². The van der Waals surface area contributed by atoms with E-state index in [1.165, 1.54) is 36.0 Å². The molecule has 2 aromatic carbocycles. The number of rotatable bonds is 18. The molecule has 0 bridgehead atoms. The fourth-order valence-electron chi connectivity index (χ4n) is 5.59. The highest BCUT2D eigenvalue weighted by molar-refractivity contribution is 5.82. The van der Waals surface area contributed by atoms with Crippen LogP contribution in [0.2, 0.25) is 0 Å². The zero-order chi connectivity index (χ0) is 32.1. The van der Waals surface area contributed by atoms with Crippen molar-refractivity contribution in [2.75, 3.05) is 36.5 Å². The highest BCUT2D eigenvalue weighted by atomic mass is 16.3. The predicted octanol–water partition coefficient (Wildman–Crippen LogP) is 7.83. The maximum absolute atomic E-state index is 10.4. The van der Waals surface area contributed by atoms with Gasteiger partial charge in [0.2, 0.25) is 5.95 Å². The van der Waals surface area contributed by atoms with Gasteiger partial charge in [0.15, 0.2) is 0 Å². The third-order valence-corrected chi connectivity index (χ3v) is 8.80. The van der Waals surface area contributed by atoms with Crippen molar-refractivity contribution in [2.45, 2.75) is 99.0 Å². The van der Waals surface area contributed by atoms with Crippen molar-refractivity contribution in [3.8, 4) is 0 Å². The van der Waals surface area contributed by atoms with Crippen LogP contribution in [-0.2, 0) is 19.3 Å². The Morgan fingerprint density at radius 2 is 1.80 bits per heavy atom. The van der Waals surface area contributed by atoms with Gasteiger partial charge in [-0.15, -0.1) is 0 Å². The first kappa shape index (κ1) is 35.1. The summed E-state index contributed by atoms with van der Waals surface area (Å²) in [5.41, 5.74) is 17.1. The smallest absolute Gasteiger partial charge is 0.227 e. The first-order valence-electron chi connectivity index (χ1n) is 16.6. The molecule has 44 heavy (non-hydrogen) atoms. The molecule has 7 heteroatoms. The molecular weight excluding hydrogens is 544 g/mol. The number of hydrogen-bond acceptors (Lipinski definition) is 7. The summed E-state index contributed by atoms with van der Waals surface area (Å²) in [6, 6.07) is 10.7. The molecule has 6 N–H and O–H groups in total. The molecule has 0 amide bonds. The first-order valence-corrected chi connectivity index (χ1v) is 16.6. The van der Waals surface area contributed by atoms with Crippen LogP contribution in [0.5, 0.6) is 0 Å². The summed E-state index contributed by atoms with van der Waals surface area (Å²) >= 11 is 0. The summed E-state index contributed by atoms with van der Waals surface area (Å²) in [5, 5.41) is 20.4. The van der Waals surface area contributed by atoms with Crippen LogP contribution >= 0.6 is 0 Å². The Hall–Kier alpha value is -3.42. The zero-order valence-corrected chi connectivity index (χ0v) is 28.2. The van der Waals surface area contributed by atoms with Crippen molar-refractivity contribution in [1.29, 1.82) is 0 Å². The Morgan fingerprint density at radius 1 is 1.00 bits per heavy atom.